The van der Waals surface area contributed by atoms with E-state index in [4.69, 9.17) is 0 Å². The monoisotopic (exact) mass is 238 g/mol. The SMILES string of the molecule is CN(CC1(N(C)C)CCC1)C(=O)C(F)(F)F. The first kappa shape index (κ1) is 13.3. The number of hydrogen-bond donors (Lipinski definition) is 0. The van der Waals surface area contributed by atoms with E-state index in [1.54, 1.807) is 0 Å². The number of carbonyl (C=O) groups excluding carboxylic acids is 1. The second-order valence-electron chi connectivity index (χ2n) is 4.63. The maximum atomic E-state index is 12.2. The van der Waals surface area contributed by atoms with Crippen molar-refractivity contribution >= 4 is 5.91 Å². The fourth-order valence-corrected chi connectivity index (χ4v) is 2.06. The molecule has 0 aromatic carbocycles. The van der Waals surface area contributed by atoms with Crippen molar-refractivity contribution in [2.45, 2.75) is 31.0 Å². The number of nitrogens with zero attached hydrogens (tertiary/aromatic N) is 2. The molecule has 6 heteroatoms. The normalized spacial score (nSPS) is 19.4. The Balaban J connectivity index is 2.63. The van der Waals surface area contributed by atoms with Gasteiger partial charge in [0.05, 0.1) is 0 Å². The number of amides is 1. The van der Waals surface area contributed by atoms with Crippen LogP contribution in [0.4, 0.5) is 13.2 Å². The molecule has 0 bridgehead atoms. The summed E-state index contributed by atoms with van der Waals surface area (Å²) in [7, 11) is 4.88. The Morgan fingerprint density at radius 3 is 2.00 bits per heavy atom. The van der Waals surface area contributed by atoms with E-state index in [2.05, 4.69) is 0 Å². The highest BCUT2D eigenvalue weighted by molar-refractivity contribution is 5.81. The summed E-state index contributed by atoms with van der Waals surface area (Å²) < 4.78 is 36.6. The molecule has 0 aliphatic heterocycles. The number of carbonyl (C=O) groups is 1. The van der Waals surface area contributed by atoms with Gasteiger partial charge in [-0.15, -0.1) is 0 Å². The van der Waals surface area contributed by atoms with E-state index in [0.717, 1.165) is 24.2 Å². The molecule has 16 heavy (non-hydrogen) atoms. The van der Waals surface area contributed by atoms with Crippen molar-refractivity contribution in [3.05, 3.63) is 0 Å². The molecular weight excluding hydrogens is 221 g/mol. The number of likely N-dealkylation sites (N-methyl/N-ethyl adjacent to an activating group) is 2. The van der Waals surface area contributed by atoms with Gasteiger partial charge in [-0.3, -0.25) is 4.79 Å². The zero-order valence-electron chi connectivity index (χ0n) is 9.76. The zero-order chi connectivity index (χ0) is 12.6. The molecule has 0 saturated heterocycles. The van der Waals surface area contributed by atoms with Crippen LogP contribution in [0.1, 0.15) is 19.3 Å². The average Bonchev–Trinajstić information content (AvgIpc) is 2.07. The predicted molar refractivity (Wildman–Crippen MR) is 54.0 cm³/mol. The molecule has 1 aliphatic rings. The molecule has 0 spiro atoms. The quantitative estimate of drug-likeness (QED) is 0.743. The lowest BCUT2D eigenvalue weighted by Gasteiger charge is -2.49. The lowest BCUT2D eigenvalue weighted by atomic mass is 9.75. The molecule has 3 nitrogen and oxygen atoms in total. The first-order valence-corrected chi connectivity index (χ1v) is 5.19. The van der Waals surface area contributed by atoms with Crippen molar-refractivity contribution < 1.29 is 18.0 Å². The highest BCUT2D eigenvalue weighted by Gasteiger charge is 2.46. The molecule has 0 unspecified atom stereocenters. The molecule has 1 saturated carbocycles. The second kappa shape index (κ2) is 4.24. The molecular formula is C10H17F3N2O. The minimum atomic E-state index is -4.77. The summed E-state index contributed by atoms with van der Waals surface area (Å²) in [5.74, 6) is -1.76. The third-order valence-corrected chi connectivity index (χ3v) is 3.35. The summed E-state index contributed by atoms with van der Waals surface area (Å²) >= 11 is 0. The Morgan fingerprint density at radius 1 is 1.25 bits per heavy atom. The van der Waals surface area contributed by atoms with E-state index in [-0.39, 0.29) is 12.1 Å². The molecule has 0 aromatic rings. The first-order chi connectivity index (χ1) is 7.19. The summed E-state index contributed by atoms with van der Waals surface area (Å²) in [4.78, 5) is 13.7. The summed E-state index contributed by atoms with van der Waals surface area (Å²) in [5.41, 5.74) is -0.268. The van der Waals surface area contributed by atoms with Gasteiger partial charge in [-0.1, -0.05) is 0 Å². The van der Waals surface area contributed by atoms with Crippen LogP contribution in [0.2, 0.25) is 0 Å². The number of halogens is 3. The Morgan fingerprint density at radius 2 is 1.75 bits per heavy atom. The van der Waals surface area contributed by atoms with Crippen LogP contribution < -0.4 is 0 Å². The van der Waals surface area contributed by atoms with Gasteiger partial charge in [-0.25, -0.2) is 0 Å². The molecule has 0 heterocycles. The number of hydrogen-bond acceptors (Lipinski definition) is 2. The smallest absolute Gasteiger partial charge is 0.336 e. The van der Waals surface area contributed by atoms with Crippen LogP contribution in [-0.2, 0) is 4.79 Å². The Kier molecular flexibility index (Phi) is 3.52. The lowest BCUT2D eigenvalue weighted by Crippen LogP contribution is -2.58. The van der Waals surface area contributed by atoms with E-state index in [0.29, 0.717) is 0 Å². The van der Waals surface area contributed by atoms with Crippen molar-refractivity contribution in [3.8, 4) is 0 Å². The summed E-state index contributed by atoms with van der Waals surface area (Å²) in [6, 6.07) is 0. The molecule has 0 radical (unpaired) electrons. The van der Waals surface area contributed by atoms with Gasteiger partial charge in [-0.05, 0) is 33.4 Å². The number of rotatable bonds is 3. The van der Waals surface area contributed by atoms with Crippen molar-refractivity contribution in [3.63, 3.8) is 0 Å². The Bertz CT molecular complexity index is 272. The molecule has 1 rings (SSSR count). The molecule has 0 atom stereocenters. The topological polar surface area (TPSA) is 23.6 Å². The van der Waals surface area contributed by atoms with Crippen molar-refractivity contribution in [1.29, 1.82) is 0 Å². The maximum Gasteiger partial charge on any atom is 0.471 e. The standard InChI is InChI=1S/C10H17F3N2O/c1-14(2)9(5-4-6-9)7-15(3)8(16)10(11,12)13/h4-7H2,1-3H3. The van der Waals surface area contributed by atoms with Crippen molar-refractivity contribution in [2.75, 3.05) is 27.7 Å². The third kappa shape index (κ3) is 2.48. The van der Waals surface area contributed by atoms with Gasteiger partial charge in [0.15, 0.2) is 0 Å². The van der Waals surface area contributed by atoms with Crippen molar-refractivity contribution in [1.82, 2.24) is 9.80 Å². The minimum Gasteiger partial charge on any atom is -0.336 e. The fourth-order valence-electron chi connectivity index (χ4n) is 2.06. The van der Waals surface area contributed by atoms with Crippen LogP contribution in [0.15, 0.2) is 0 Å². The van der Waals surface area contributed by atoms with Crippen LogP contribution in [0.5, 0.6) is 0 Å². The van der Waals surface area contributed by atoms with Crippen molar-refractivity contribution in [2.24, 2.45) is 0 Å². The van der Waals surface area contributed by atoms with Gasteiger partial charge in [0.1, 0.15) is 0 Å². The van der Waals surface area contributed by atoms with E-state index in [9.17, 15) is 18.0 Å². The third-order valence-electron chi connectivity index (χ3n) is 3.35. The van der Waals surface area contributed by atoms with E-state index >= 15 is 0 Å². The van der Waals surface area contributed by atoms with Gasteiger partial charge in [0.2, 0.25) is 0 Å². The van der Waals surface area contributed by atoms with Gasteiger partial charge >= 0.3 is 12.1 Å². The van der Waals surface area contributed by atoms with E-state index < -0.39 is 12.1 Å². The zero-order valence-corrected chi connectivity index (χ0v) is 9.76. The van der Waals surface area contributed by atoms with Gasteiger partial charge in [0, 0.05) is 19.1 Å². The van der Waals surface area contributed by atoms with E-state index in [1.165, 1.54) is 7.05 Å². The lowest BCUT2D eigenvalue weighted by molar-refractivity contribution is -0.186. The highest BCUT2D eigenvalue weighted by Crippen LogP contribution is 2.37. The molecule has 1 aliphatic carbocycles. The predicted octanol–water partition coefficient (Wildman–Crippen LogP) is 1.49. The molecule has 94 valence electrons. The van der Waals surface area contributed by atoms with E-state index in [1.807, 2.05) is 19.0 Å². The van der Waals surface area contributed by atoms with Crippen LogP contribution >= 0.6 is 0 Å². The highest BCUT2D eigenvalue weighted by atomic mass is 19.4. The maximum absolute atomic E-state index is 12.2. The fraction of sp³-hybridized carbons (Fsp3) is 0.900. The summed E-state index contributed by atoms with van der Waals surface area (Å²) in [6.45, 7) is 0.137. The van der Waals surface area contributed by atoms with Crippen LogP contribution in [0.25, 0.3) is 0 Å². The van der Waals surface area contributed by atoms with Crippen LogP contribution in [0, 0.1) is 0 Å². The van der Waals surface area contributed by atoms with Gasteiger partial charge < -0.3 is 9.80 Å². The Hall–Kier alpha value is -0.780. The first-order valence-electron chi connectivity index (χ1n) is 5.19. The largest absolute Gasteiger partial charge is 0.471 e. The Labute approximate surface area is 93.2 Å². The van der Waals surface area contributed by atoms with Gasteiger partial charge in [0.25, 0.3) is 0 Å². The average molecular weight is 238 g/mol. The molecule has 0 N–H and O–H groups in total. The molecule has 1 fully saturated rings. The second-order valence-corrected chi connectivity index (χ2v) is 4.63. The van der Waals surface area contributed by atoms with Crippen LogP contribution in [0.3, 0.4) is 0 Å². The van der Waals surface area contributed by atoms with Gasteiger partial charge in [-0.2, -0.15) is 13.2 Å². The van der Waals surface area contributed by atoms with Crippen LogP contribution in [-0.4, -0.2) is 55.1 Å². The molecule has 1 amide bonds. The molecule has 0 aromatic heterocycles. The summed E-state index contributed by atoms with van der Waals surface area (Å²) in [6.07, 6.45) is -2.08. The summed E-state index contributed by atoms with van der Waals surface area (Å²) in [5, 5.41) is 0. The number of alkyl halides is 3. The minimum absolute atomic E-state index is 0.137.